The first kappa shape index (κ1) is 19.7. The van der Waals surface area contributed by atoms with Gasteiger partial charge in [0.25, 0.3) is 0 Å². The molecule has 0 spiro atoms. The van der Waals surface area contributed by atoms with E-state index in [1.807, 2.05) is 47.0 Å². The Labute approximate surface area is 187 Å². The van der Waals surface area contributed by atoms with Crippen LogP contribution in [0.2, 0.25) is 5.02 Å². The molecule has 31 heavy (non-hydrogen) atoms. The maximum Gasteiger partial charge on any atom is 0.202 e. The molecule has 0 radical (unpaired) electrons. The molecule has 0 bridgehead atoms. The van der Waals surface area contributed by atoms with Crippen LogP contribution in [0.3, 0.4) is 0 Å². The van der Waals surface area contributed by atoms with Crippen LogP contribution in [0.1, 0.15) is 11.3 Å². The van der Waals surface area contributed by atoms with Crippen LogP contribution in [0.5, 0.6) is 0 Å². The van der Waals surface area contributed by atoms with Gasteiger partial charge in [0.1, 0.15) is 0 Å². The van der Waals surface area contributed by atoms with Gasteiger partial charge in [0.15, 0.2) is 16.7 Å². The number of benzene rings is 2. The quantitative estimate of drug-likeness (QED) is 0.278. The van der Waals surface area contributed by atoms with Gasteiger partial charge in [-0.15, -0.1) is 10.2 Å². The molecule has 3 aromatic heterocycles. The lowest BCUT2D eigenvalue weighted by molar-refractivity contribution is 0.413. The van der Waals surface area contributed by atoms with Gasteiger partial charge in [-0.25, -0.2) is 0 Å². The van der Waals surface area contributed by atoms with Gasteiger partial charge in [-0.3, -0.25) is 4.57 Å². The summed E-state index contributed by atoms with van der Waals surface area (Å²) < 4.78 is 12.8. The van der Waals surface area contributed by atoms with E-state index in [1.54, 1.807) is 6.26 Å². The molecule has 0 saturated carbocycles. The van der Waals surface area contributed by atoms with E-state index in [9.17, 15) is 0 Å². The van der Waals surface area contributed by atoms with E-state index >= 15 is 0 Å². The lowest BCUT2D eigenvalue weighted by atomic mass is 10.2. The Morgan fingerprint density at radius 3 is 2.52 bits per heavy atom. The van der Waals surface area contributed by atoms with Crippen LogP contribution in [0.4, 0.5) is 0 Å². The van der Waals surface area contributed by atoms with Crippen molar-refractivity contribution in [1.82, 2.24) is 19.9 Å². The average molecular weight is 449 g/mol. The van der Waals surface area contributed by atoms with E-state index in [0.29, 0.717) is 22.3 Å². The second-order valence-electron chi connectivity index (χ2n) is 6.93. The van der Waals surface area contributed by atoms with E-state index in [0.717, 1.165) is 27.9 Å². The highest BCUT2D eigenvalue weighted by Gasteiger charge is 2.17. The summed E-state index contributed by atoms with van der Waals surface area (Å²) in [5.41, 5.74) is 3.90. The summed E-state index contributed by atoms with van der Waals surface area (Å²) in [5, 5.41) is 14.5. The minimum Gasteiger partial charge on any atom is -0.461 e. The van der Waals surface area contributed by atoms with Crippen molar-refractivity contribution in [2.24, 2.45) is 0 Å². The Balaban J connectivity index is 1.47. The van der Waals surface area contributed by atoms with E-state index in [1.165, 1.54) is 17.3 Å². The molecular formula is C23H17ClN4O2S. The minimum atomic E-state index is 0.578. The van der Waals surface area contributed by atoms with E-state index in [2.05, 4.69) is 46.5 Å². The SMILES string of the molecule is Cc1ccc(-n2c(SCc3cc(-c4ccco4)on3)nnc2-c2ccc(Cl)cc2)cc1. The van der Waals surface area contributed by atoms with Gasteiger partial charge in [0.05, 0.1) is 12.0 Å². The Morgan fingerprint density at radius 2 is 1.77 bits per heavy atom. The van der Waals surface area contributed by atoms with Crippen LogP contribution in [0.15, 0.2) is 87.1 Å². The molecule has 0 fully saturated rings. The third-order valence-electron chi connectivity index (χ3n) is 4.70. The van der Waals surface area contributed by atoms with Crippen molar-refractivity contribution < 1.29 is 8.94 Å². The molecule has 5 aromatic rings. The number of aromatic nitrogens is 4. The maximum absolute atomic E-state index is 6.07. The van der Waals surface area contributed by atoms with Crippen LogP contribution in [-0.2, 0) is 5.75 Å². The highest BCUT2D eigenvalue weighted by molar-refractivity contribution is 7.98. The van der Waals surface area contributed by atoms with Gasteiger partial charge in [0, 0.05) is 28.1 Å². The Bertz CT molecular complexity index is 1290. The number of thioether (sulfide) groups is 1. The van der Waals surface area contributed by atoms with Gasteiger partial charge >= 0.3 is 0 Å². The third-order valence-corrected chi connectivity index (χ3v) is 5.91. The van der Waals surface area contributed by atoms with Gasteiger partial charge in [-0.1, -0.05) is 46.2 Å². The Hall–Kier alpha value is -3.29. The fourth-order valence-corrected chi connectivity index (χ4v) is 4.09. The smallest absolute Gasteiger partial charge is 0.202 e. The average Bonchev–Trinajstić information content (AvgIpc) is 3.54. The zero-order valence-corrected chi connectivity index (χ0v) is 18.1. The molecule has 0 N–H and O–H groups in total. The second kappa shape index (κ2) is 8.45. The molecule has 5 rings (SSSR count). The molecule has 0 aliphatic rings. The van der Waals surface area contributed by atoms with Crippen molar-refractivity contribution in [3.63, 3.8) is 0 Å². The molecule has 0 saturated heterocycles. The molecule has 0 amide bonds. The van der Waals surface area contributed by atoms with Gasteiger partial charge in [-0.05, 0) is 55.5 Å². The number of rotatable bonds is 6. The number of hydrogen-bond donors (Lipinski definition) is 0. The predicted molar refractivity (Wildman–Crippen MR) is 120 cm³/mol. The van der Waals surface area contributed by atoms with E-state index < -0.39 is 0 Å². The predicted octanol–water partition coefficient (Wildman–Crippen LogP) is 6.44. The summed E-state index contributed by atoms with van der Waals surface area (Å²) in [4.78, 5) is 0. The first-order valence-corrected chi connectivity index (χ1v) is 10.9. The lowest BCUT2D eigenvalue weighted by Gasteiger charge is -2.10. The largest absolute Gasteiger partial charge is 0.461 e. The highest BCUT2D eigenvalue weighted by Crippen LogP contribution is 2.31. The molecule has 154 valence electrons. The van der Waals surface area contributed by atoms with E-state index in [4.69, 9.17) is 20.5 Å². The molecule has 0 aliphatic carbocycles. The summed E-state index contributed by atoms with van der Waals surface area (Å²) in [7, 11) is 0. The van der Waals surface area contributed by atoms with Crippen molar-refractivity contribution in [1.29, 1.82) is 0 Å². The molecule has 2 aromatic carbocycles. The zero-order valence-electron chi connectivity index (χ0n) is 16.5. The molecule has 3 heterocycles. The first-order chi connectivity index (χ1) is 15.2. The van der Waals surface area contributed by atoms with Gasteiger partial charge in [0.2, 0.25) is 5.76 Å². The van der Waals surface area contributed by atoms with Crippen molar-refractivity contribution >= 4 is 23.4 Å². The second-order valence-corrected chi connectivity index (χ2v) is 8.31. The van der Waals surface area contributed by atoms with Gasteiger partial charge < -0.3 is 8.94 Å². The molecule has 0 aliphatic heterocycles. The Morgan fingerprint density at radius 1 is 0.968 bits per heavy atom. The maximum atomic E-state index is 6.07. The summed E-state index contributed by atoms with van der Waals surface area (Å²) in [6, 6.07) is 21.4. The molecule has 6 nitrogen and oxygen atoms in total. The highest BCUT2D eigenvalue weighted by atomic mass is 35.5. The lowest BCUT2D eigenvalue weighted by Crippen LogP contribution is -2.00. The van der Waals surface area contributed by atoms with Crippen LogP contribution < -0.4 is 0 Å². The fourth-order valence-electron chi connectivity index (χ4n) is 3.13. The van der Waals surface area contributed by atoms with Gasteiger partial charge in [-0.2, -0.15) is 0 Å². The number of aryl methyl sites for hydroxylation is 1. The third kappa shape index (κ3) is 4.15. The number of nitrogens with zero attached hydrogens (tertiary/aromatic N) is 4. The molecule has 8 heteroatoms. The van der Waals surface area contributed by atoms with Crippen LogP contribution >= 0.6 is 23.4 Å². The van der Waals surface area contributed by atoms with Crippen LogP contribution in [-0.4, -0.2) is 19.9 Å². The fraction of sp³-hybridized carbons (Fsp3) is 0.0870. The number of hydrogen-bond acceptors (Lipinski definition) is 6. The molecule has 0 atom stereocenters. The summed E-state index contributed by atoms with van der Waals surface area (Å²) >= 11 is 7.60. The number of furan rings is 1. The zero-order chi connectivity index (χ0) is 21.2. The molecule has 0 unspecified atom stereocenters. The van der Waals surface area contributed by atoms with Crippen molar-refractivity contribution in [3.05, 3.63) is 89.3 Å². The normalized spacial score (nSPS) is 11.2. The standard InChI is InChI=1S/C23H17ClN4O2S/c1-15-4-10-19(11-5-15)28-22(16-6-8-17(24)9-7-16)25-26-23(28)31-14-18-13-21(30-27-18)20-3-2-12-29-20/h2-13H,14H2,1H3. The topological polar surface area (TPSA) is 69.9 Å². The van der Waals surface area contributed by atoms with Crippen molar-refractivity contribution in [2.45, 2.75) is 17.8 Å². The summed E-state index contributed by atoms with van der Waals surface area (Å²) in [6.45, 7) is 2.06. The van der Waals surface area contributed by atoms with Crippen LogP contribution in [0, 0.1) is 6.92 Å². The minimum absolute atomic E-state index is 0.578. The summed E-state index contributed by atoms with van der Waals surface area (Å²) in [6.07, 6.45) is 1.61. The monoisotopic (exact) mass is 448 g/mol. The number of halogens is 1. The van der Waals surface area contributed by atoms with E-state index in [-0.39, 0.29) is 0 Å². The summed E-state index contributed by atoms with van der Waals surface area (Å²) in [5.74, 6) is 2.58. The Kier molecular flexibility index (Phi) is 5.36. The first-order valence-electron chi connectivity index (χ1n) is 9.58. The van der Waals surface area contributed by atoms with Crippen molar-refractivity contribution in [3.8, 4) is 28.6 Å². The molecular weight excluding hydrogens is 432 g/mol. The van der Waals surface area contributed by atoms with Crippen LogP contribution in [0.25, 0.3) is 28.6 Å². The van der Waals surface area contributed by atoms with Crippen molar-refractivity contribution in [2.75, 3.05) is 0 Å².